The van der Waals surface area contributed by atoms with Crippen molar-refractivity contribution in [3.8, 4) is 0 Å². The van der Waals surface area contributed by atoms with Crippen LogP contribution in [-0.4, -0.2) is 24.5 Å². The summed E-state index contributed by atoms with van der Waals surface area (Å²) >= 11 is 0. The molecule has 15 heavy (non-hydrogen) atoms. The molecule has 0 aromatic heterocycles. The molecule has 1 aromatic carbocycles. The quantitative estimate of drug-likeness (QED) is 0.455. The first-order valence-electron chi connectivity index (χ1n) is 4.08. The van der Waals surface area contributed by atoms with Crippen LogP contribution in [0.2, 0.25) is 0 Å². The van der Waals surface area contributed by atoms with E-state index in [1.807, 2.05) is 6.92 Å². The molecular formula is C9H9O4S2-. The van der Waals surface area contributed by atoms with Crippen LogP contribution in [0.15, 0.2) is 24.3 Å². The average molecular weight is 245 g/mol. The summed E-state index contributed by atoms with van der Waals surface area (Å²) in [5, 5.41) is 0. The molecule has 0 aliphatic carbocycles. The fourth-order valence-electron chi connectivity index (χ4n) is 0.948. The van der Waals surface area contributed by atoms with Gasteiger partial charge < -0.3 is 4.55 Å². The first-order chi connectivity index (χ1) is 6.88. The first-order valence-corrected chi connectivity index (χ1v) is 7.00. The van der Waals surface area contributed by atoms with Gasteiger partial charge in [-0.25, -0.2) is 8.42 Å². The zero-order valence-electron chi connectivity index (χ0n) is 7.97. The lowest BCUT2D eigenvalue weighted by molar-refractivity contribution is 0.102. The molecule has 6 heteroatoms. The molecule has 0 radical (unpaired) electrons. The van der Waals surface area contributed by atoms with Crippen LogP contribution in [-0.2, 0) is 9.15 Å². The Kier molecular flexibility index (Phi) is 3.90. The molecule has 0 fully saturated rings. The largest absolute Gasteiger partial charge is 0.739 e. The Balaban J connectivity index is 2.66. The Morgan fingerprint density at radius 3 is 2.33 bits per heavy atom. The Hall–Kier alpha value is -0.850. The summed E-state index contributed by atoms with van der Waals surface area (Å²) in [6.07, 6.45) is 0. The molecule has 0 spiro atoms. The van der Waals surface area contributed by atoms with Crippen LogP contribution in [0.1, 0.15) is 15.9 Å². The van der Waals surface area contributed by atoms with E-state index in [1.165, 1.54) is 0 Å². The third-order valence-electron chi connectivity index (χ3n) is 1.71. The lowest BCUT2D eigenvalue weighted by Gasteiger charge is -2.05. The predicted octanol–water partition coefficient (Wildman–Crippen LogP) is 1.37. The van der Waals surface area contributed by atoms with E-state index in [4.69, 9.17) is 0 Å². The standard InChI is InChI=1S/C9H10O4S2/c1-7-2-4-8(5-3-7)9(10)6-14-15(11,12)13/h2-5H,6H2,1H3,(H,11,12,13)/p-1. The minimum Gasteiger partial charge on any atom is -0.739 e. The second-order valence-corrected chi connectivity index (χ2v) is 6.23. The third-order valence-corrected chi connectivity index (χ3v) is 3.60. The first kappa shape index (κ1) is 12.2. The Labute approximate surface area is 91.8 Å². The van der Waals surface area contributed by atoms with Crippen LogP contribution in [0.5, 0.6) is 0 Å². The Bertz CT molecular complexity index is 448. The van der Waals surface area contributed by atoms with Crippen molar-refractivity contribution >= 4 is 25.7 Å². The lowest BCUT2D eigenvalue weighted by Crippen LogP contribution is -2.05. The summed E-state index contributed by atoms with van der Waals surface area (Å²) in [5.74, 6) is -0.700. The van der Waals surface area contributed by atoms with Gasteiger partial charge in [-0.15, -0.1) is 0 Å². The number of hydrogen-bond donors (Lipinski definition) is 0. The van der Waals surface area contributed by atoms with Gasteiger partial charge >= 0.3 is 0 Å². The number of aryl methyl sites for hydroxylation is 1. The van der Waals surface area contributed by atoms with Crippen LogP contribution in [0.4, 0.5) is 0 Å². The Morgan fingerprint density at radius 2 is 1.87 bits per heavy atom. The highest BCUT2D eigenvalue weighted by Crippen LogP contribution is 2.12. The van der Waals surface area contributed by atoms with Crippen molar-refractivity contribution in [2.24, 2.45) is 0 Å². The number of benzene rings is 1. The van der Waals surface area contributed by atoms with Crippen LogP contribution in [0.3, 0.4) is 0 Å². The van der Waals surface area contributed by atoms with Crippen LogP contribution < -0.4 is 0 Å². The fraction of sp³-hybridized carbons (Fsp3) is 0.222. The monoisotopic (exact) mass is 245 g/mol. The molecule has 0 bridgehead atoms. The minimum atomic E-state index is -4.39. The summed E-state index contributed by atoms with van der Waals surface area (Å²) in [4.78, 5) is 11.4. The van der Waals surface area contributed by atoms with Gasteiger partial charge in [-0.1, -0.05) is 29.8 Å². The van der Waals surface area contributed by atoms with Crippen molar-refractivity contribution in [1.29, 1.82) is 0 Å². The van der Waals surface area contributed by atoms with Crippen molar-refractivity contribution in [3.05, 3.63) is 35.4 Å². The van der Waals surface area contributed by atoms with Gasteiger partial charge in [0.15, 0.2) is 5.78 Å². The SMILES string of the molecule is Cc1ccc(C(=O)CSS(=O)(=O)[O-])cc1. The molecule has 0 saturated carbocycles. The number of ketones is 1. The number of carbonyl (C=O) groups is 1. The van der Waals surface area contributed by atoms with E-state index >= 15 is 0 Å². The minimum absolute atomic E-state index is 0.108. The number of hydrogen-bond acceptors (Lipinski definition) is 5. The van der Waals surface area contributed by atoms with Gasteiger partial charge in [0.25, 0.3) is 0 Å². The maximum Gasteiger partial charge on any atom is 0.173 e. The fourth-order valence-corrected chi connectivity index (χ4v) is 2.12. The summed E-state index contributed by atoms with van der Waals surface area (Å²) < 4.78 is 30.8. The highest BCUT2D eigenvalue weighted by atomic mass is 33.1. The van der Waals surface area contributed by atoms with E-state index in [2.05, 4.69) is 0 Å². The molecule has 1 rings (SSSR count). The van der Waals surface area contributed by atoms with Crippen molar-refractivity contribution in [2.75, 3.05) is 5.75 Å². The van der Waals surface area contributed by atoms with Gasteiger partial charge in [-0.3, -0.25) is 4.79 Å². The van der Waals surface area contributed by atoms with Gasteiger partial charge in [0, 0.05) is 5.56 Å². The van der Waals surface area contributed by atoms with Crippen LogP contribution >= 0.6 is 10.8 Å². The molecule has 0 N–H and O–H groups in total. The van der Waals surface area contributed by atoms with E-state index in [1.54, 1.807) is 24.3 Å². The summed E-state index contributed by atoms with van der Waals surface area (Å²) in [7, 11) is -4.28. The molecule has 4 nitrogen and oxygen atoms in total. The number of Topliss-reactive ketones (excluding diaryl/α,β-unsaturated/α-hetero) is 1. The highest BCUT2D eigenvalue weighted by Gasteiger charge is 2.07. The average Bonchev–Trinajstić information content (AvgIpc) is 2.14. The van der Waals surface area contributed by atoms with Crippen LogP contribution in [0.25, 0.3) is 0 Å². The molecule has 0 amide bonds. The second kappa shape index (κ2) is 4.78. The van der Waals surface area contributed by atoms with Crippen molar-refractivity contribution in [3.63, 3.8) is 0 Å². The van der Waals surface area contributed by atoms with Gasteiger partial charge in [0.05, 0.1) is 5.75 Å². The maximum atomic E-state index is 11.4. The van der Waals surface area contributed by atoms with E-state index < -0.39 is 9.15 Å². The third kappa shape index (κ3) is 4.46. The van der Waals surface area contributed by atoms with Crippen molar-refractivity contribution in [1.82, 2.24) is 0 Å². The molecule has 0 aliphatic heterocycles. The van der Waals surface area contributed by atoms with E-state index in [0.29, 0.717) is 5.56 Å². The van der Waals surface area contributed by atoms with E-state index in [0.717, 1.165) is 5.56 Å². The highest BCUT2D eigenvalue weighted by molar-refractivity contribution is 8.70. The molecular weight excluding hydrogens is 236 g/mol. The molecule has 0 saturated heterocycles. The number of carbonyl (C=O) groups excluding carboxylic acids is 1. The number of rotatable bonds is 4. The zero-order chi connectivity index (χ0) is 11.5. The molecule has 0 aliphatic rings. The molecule has 82 valence electrons. The van der Waals surface area contributed by atoms with Gasteiger partial charge in [0.1, 0.15) is 9.15 Å². The topological polar surface area (TPSA) is 74.3 Å². The Morgan fingerprint density at radius 1 is 1.33 bits per heavy atom. The van der Waals surface area contributed by atoms with Gasteiger partial charge in [0.2, 0.25) is 0 Å². The van der Waals surface area contributed by atoms with E-state index in [9.17, 15) is 17.8 Å². The maximum absolute atomic E-state index is 11.4. The lowest BCUT2D eigenvalue weighted by atomic mass is 10.1. The second-order valence-electron chi connectivity index (χ2n) is 2.96. The van der Waals surface area contributed by atoms with Crippen molar-refractivity contribution < 1.29 is 17.8 Å². The van der Waals surface area contributed by atoms with Crippen LogP contribution in [0, 0.1) is 6.92 Å². The summed E-state index contributed by atoms with van der Waals surface area (Å²) in [6.45, 7) is 1.88. The normalized spacial score (nSPS) is 11.3. The van der Waals surface area contributed by atoms with Gasteiger partial charge in [-0.05, 0) is 17.7 Å². The van der Waals surface area contributed by atoms with Gasteiger partial charge in [-0.2, -0.15) is 0 Å². The molecule has 0 heterocycles. The van der Waals surface area contributed by atoms with Crippen molar-refractivity contribution in [2.45, 2.75) is 6.92 Å². The molecule has 1 aromatic rings. The summed E-state index contributed by atoms with van der Waals surface area (Å²) in [6, 6.07) is 6.72. The smallest absolute Gasteiger partial charge is 0.173 e. The molecule has 0 unspecified atom stereocenters. The molecule has 0 atom stereocenters. The summed E-state index contributed by atoms with van der Waals surface area (Å²) in [5.41, 5.74) is 1.42. The predicted molar refractivity (Wildman–Crippen MR) is 57.7 cm³/mol. The van der Waals surface area contributed by atoms with E-state index in [-0.39, 0.29) is 22.3 Å². The zero-order valence-corrected chi connectivity index (χ0v) is 9.60.